The average molecular weight is 467 g/mol. The molecule has 8 heteroatoms. The van der Waals surface area contributed by atoms with Crippen molar-refractivity contribution in [3.63, 3.8) is 0 Å². The number of fused-ring (bicyclic) bond motifs is 1. The van der Waals surface area contributed by atoms with Crippen molar-refractivity contribution in [3.05, 3.63) is 53.3 Å². The summed E-state index contributed by atoms with van der Waals surface area (Å²) < 4.78 is 33.2. The number of rotatable bonds is 7. The van der Waals surface area contributed by atoms with Gasteiger partial charge in [0, 0.05) is 24.2 Å². The van der Waals surface area contributed by atoms with Crippen LogP contribution in [0.1, 0.15) is 48.1 Å². The van der Waals surface area contributed by atoms with Crippen LogP contribution in [0.2, 0.25) is 0 Å². The predicted molar refractivity (Wildman–Crippen MR) is 128 cm³/mol. The highest BCUT2D eigenvalue weighted by Gasteiger charge is 2.29. The van der Waals surface area contributed by atoms with Gasteiger partial charge in [0.05, 0.1) is 22.5 Å². The quantitative estimate of drug-likeness (QED) is 0.413. The molecule has 1 atom stereocenters. The second-order valence-corrected chi connectivity index (χ2v) is 9.00. The summed E-state index contributed by atoms with van der Waals surface area (Å²) in [6.07, 6.45) is 1.37. The van der Waals surface area contributed by atoms with Gasteiger partial charge in [-0.1, -0.05) is 24.8 Å². The minimum Gasteiger partial charge on any atom is -0.433 e. The molecular formula is C26H28F2N4O2. The molecule has 0 bridgehead atoms. The maximum absolute atomic E-state index is 13.3. The predicted octanol–water partition coefficient (Wildman–Crippen LogP) is 4.41. The van der Waals surface area contributed by atoms with E-state index in [4.69, 9.17) is 9.72 Å². The Kier molecular flexibility index (Phi) is 6.69. The third kappa shape index (κ3) is 4.54. The van der Waals surface area contributed by atoms with Gasteiger partial charge in [-0.05, 0) is 57.8 Å². The summed E-state index contributed by atoms with van der Waals surface area (Å²) in [5.74, 6) is 7.12. The topological polar surface area (TPSA) is 59.4 Å². The van der Waals surface area contributed by atoms with Gasteiger partial charge in [-0.25, -0.2) is 4.98 Å². The molecule has 0 aliphatic carbocycles. The fourth-order valence-electron chi connectivity index (χ4n) is 4.29. The van der Waals surface area contributed by atoms with E-state index in [2.05, 4.69) is 24.1 Å². The van der Waals surface area contributed by atoms with E-state index >= 15 is 0 Å². The van der Waals surface area contributed by atoms with Crippen LogP contribution >= 0.6 is 0 Å². The number of alkyl halides is 2. The SMILES string of the molecule is CCC(c1nc2ccc(C#CC3(C)CNC3)cc2n1-c1c(C=O)cccc1OC(F)F)N(C)C. The van der Waals surface area contributed by atoms with E-state index in [0.717, 1.165) is 25.1 Å². The summed E-state index contributed by atoms with van der Waals surface area (Å²) in [7, 11) is 3.87. The van der Waals surface area contributed by atoms with Crippen molar-refractivity contribution in [2.45, 2.75) is 32.9 Å². The first-order valence-corrected chi connectivity index (χ1v) is 11.2. The number of carbonyl (C=O) groups excluding carboxylic acids is 1. The molecule has 1 unspecified atom stereocenters. The third-order valence-electron chi connectivity index (χ3n) is 6.12. The minimum absolute atomic E-state index is 0.0685. The molecule has 1 aliphatic heterocycles. The largest absolute Gasteiger partial charge is 0.433 e. The number of aromatic nitrogens is 2. The molecule has 34 heavy (non-hydrogen) atoms. The van der Waals surface area contributed by atoms with Crippen LogP contribution in [0.15, 0.2) is 36.4 Å². The number of aldehydes is 1. The van der Waals surface area contributed by atoms with Crippen LogP contribution in [0.5, 0.6) is 5.75 Å². The van der Waals surface area contributed by atoms with Gasteiger partial charge < -0.3 is 10.1 Å². The molecular weight excluding hydrogens is 438 g/mol. The van der Waals surface area contributed by atoms with Crippen molar-refractivity contribution in [2.24, 2.45) is 5.41 Å². The number of imidazole rings is 1. The standard InChI is InChI=1S/C26H28F2N4O2/c1-5-20(31(3)4)24-30-19-10-9-17(11-12-26(2)15-29-16-26)13-21(19)32(24)23-18(14-33)7-6-8-22(23)34-25(27)28/h6-10,13-14,20,25,29H,5,15-16H2,1-4H3. The molecule has 1 aliphatic rings. The molecule has 2 heterocycles. The van der Waals surface area contributed by atoms with Crippen LogP contribution in [0.25, 0.3) is 16.7 Å². The number of ether oxygens (including phenoxy) is 1. The van der Waals surface area contributed by atoms with E-state index in [1.54, 1.807) is 10.6 Å². The average Bonchev–Trinajstić information content (AvgIpc) is 3.13. The van der Waals surface area contributed by atoms with E-state index in [0.29, 0.717) is 23.1 Å². The highest BCUT2D eigenvalue weighted by Crippen LogP contribution is 2.36. The Bertz CT molecular complexity index is 1270. The minimum atomic E-state index is -3.03. The van der Waals surface area contributed by atoms with Crippen LogP contribution in [0.4, 0.5) is 8.78 Å². The molecule has 1 fully saturated rings. The van der Waals surface area contributed by atoms with Crippen molar-refractivity contribution in [1.82, 2.24) is 19.8 Å². The summed E-state index contributed by atoms with van der Waals surface area (Å²) >= 11 is 0. The summed E-state index contributed by atoms with van der Waals surface area (Å²) in [6, 6.07) is 10.1. The lowest BCUT2D eigenvalue weighted by atomic mass is 9.85. The zero-order chi connectivity index (χ0) is 24.5. The number of benzene rings is 2. The van der Waals surface area contributed by atoms with E-state index in [1.807, 2.05) is 44.1 Å². The molecule has 1 aromatic heterocycles. The van der Waals surface area contributed by atoms with Crippen LogP contribution in [-0.2, 0) is 0 Å². The zero-order valence-electron chi connectivity index (χ0n) is 19.7. The smallest absolute Gasteiger partial charge is 0.387 e. The lowest BCUT2D eigenvalue weighted by Crippen LogP contribution is -2.50. The molecule has 178 valence electrons. The van der Waals surface area contributed by atoms with Crippen molar-refractivity contribution in [2.75, 3.05) is 27.2 Å². The monoisotopic (exact) mass is 466 g/mol. The Balaban J connectivity index is 2.00. The number of nitrogens with one attached hydrogen (secondary N) is 1. The first-order valence-electron chi connectivity index (χ1n) is 11.2. The number of hydrogen-bond donors (Lipinski definition) is 1. The van der Waals surface area contributed by atoms with Gasteiger partial charge in [-0.15, -0.1) is 0 Å². The number of hydrogen-bond acceptors (Lipinski definition) is 5. The van der Waals surface area contributed by atoms with E-state index in [-0.39, 0.29) is 28.5 Å². The molecule has 1 saturated heterocycles. The van der Waals surface area contributed by atoms with Crippen LogP contribution in [0.3, 0.4) is 0 Å². The molecule has 3 aromatic rings. The van der Waals surface area contributed by atoms with E-state index in [1.165, 1.54) is 12.1 Å². The molecule has 0 saturated carbocycles. The number of halogens is 2. The van der Waals surface area contributed by atoms with Crippen LogP contribution < -0.4 is 10.1 Å². The molecule has 0 radical (unpaired) electrons. The Morgan fingerprint density at radius 1 is 1.29 bits per heavy atom. The number of para-hydroxylation sites is 1. The van der Waals surface area contributed by atoms with Crippen molar-refractivity contribution in [3.8, 4) is 23.3 Å². The highest BCUT2D eigenvalue weighted by molar-refractivity contribution is 5.87. The summed E-state index contributed by atoms with van der Waals surface area (Å²) in [6.45, 7) is 2.78. The third-order valence-corrected chi connectivity index (χ3v) is 6.12. The lowest BCUT2D eigenvalue weighted by Gasteiger charge is -2.34. The van der Waals surface area contributed by atoms with Gasteiger partial charge in [0.2, 0.25) is 0 Å². The molecule has 0 amide bonds. The maximum atomic E-state index is 13.3. The highest BCUT2D eigenvalue weighted by atomic mass is 19.3. The first kappa shape index (κ1) is 23.9. The molecule has 1 N–H and O–H groups in total. The van der Waals surface area contributed by atoms with Gasteiger partial charge in [-0.2, -0.15) is 8.78 Å². The number of carbonyl (C=O) groups is 1. The van der Waals surface area contributed by atoms with Crippen molar-refractivity contribution >= 4 is 17.3 Å². The molecule has 6 nitrogen and oxygen atoms in total. The van der Waals surface area contributed by atoms with Gasteiger partial charge in [0.15, 0.2) is 12.0 Å². The normalized spacial score (nSPS) is 15.6. The van der Waals surface area contributed by atoms with Crippen LogP contribution in [0, 0.1) is 17.3 Å². The Hall–Kier alpha value is -3.28. The van der Waals surface area contributed by atoms with Crippen molar-refractivity contribution < 1.29 is 18.3 Å². The summed E-state index contributed by atoms with van der Waals surface area (Å²) in [4.78, 5) is 18.9. The maximum Gasteiger partial charge on any atom is 0.387 e. The molecule has 4 rings (SSSR count). The number of nitrogens with zero attached hydrogens (tertiary/aromatic N) is 3. The summed E-state index contributed by atoms with van der Waals surface area (Å²) in [5, 5.41) is 3.24. The van der Waals surface area contributed by atoms with Gasteiger partial charge in [0.25, 0.3) is 0 Å². The van der Waals surface area contributed by atoms with E-state index in [9.17, 15) is 13.6 Å². The molecule has 0 spiro atoms. The Morgan fingerprint density at radius 3 is 2.65 bits per heavy atom. The summed E-state index contributed by atoms with van der Waals surface area (Å²) in [5.41, 5.74) is 2.55. The fraction of sp³-hybridized carbons (Fsp3) is 0.385. The Morgan fingerprint density at radius 2 is 2.06 bits per heavy atom. The molecule has 2 aromatic carbocycles. The van der Waals surface area contributed by atoms with Gasteiger partial charge in [0.1, 0.15) is 11.5 Å². The first-order chi connectivity index (χ1) is 16.3. The van der Waals surface area contributed by atoms with Gasteiger partial charge in [-0.3, -0.25) is 14.3 Å². The second kappa shape index (κ2) is 9.53. The second-order valence-electron chi connectivity index (χ2n) is 9.00. The van der Waals surface area contributed by atoms with Crippen molar-refractivity contribution in [1.29, 1.82) is 0 Å². The zero-order valence-corrected chi connectivity index (χ0v) is 19.7. The van der Waals surface area contributed by atoms with E-state index < -0.39 is 6.61 Å². The van der Waals surface area contributed by atoms with Gasteiger partial charge >= 0.3 is 6.61 Å². The lowest BCUT2D eigenvalue weighted by molar-refractivity contribution is -0.0498. The van der Waals surface area contributed by atoms with Crippen LogP contribution in [-0.4, -0.2) is 54.5 Å². The Labute approximate surface area is 197 Å². The fourth-order valence-corrected chi connectivity index (χ4v) is 4.29.